The molecule has 2 atom stereocenters. The summed E-state index contributed by atoms with van der Waals surface area (Å²) in [5, 5.41) is 15.3. The molecule has 0 bridgehead atoms. The monoisotopic (exact) mass is 494 g/mol. The van der Waals surface area contributed by atoms with Crippen LogP contribution < -0.4 is 5.32 Å². The molecule has 2 unspecified atom stereocenters. The van der Waals surface area contributed by atoms with Crippen molar-refractivity contribution >= 4 is 39.9 Å². The van der Waals surface area contributed by atoms with Crippen molar-refractivity contribution in [3.63, 3.8) is 0 Å². The van der Waals surface area contributed by atoms with Gasteiger partial charge in [0.25, 0.3) is 0 Å². The number of anilines is 2. The zero-order chi connectivity index (χ0) is 25.4. The summed E-state index contributed by atoms with van der Waals surface area (Å²) >= 11 is 7.20. The molecule has 174 valence electrons. The minimum Gasteiger partial charge on any atom is -0.481 e. The first kappa shape index (κ1) is 20.9. The first-order valence-corrected chi connectivity index (χ1v) is 11.6. The molecule has 3 heterocycles. The van der Waals surface area contributed by atoms with E-state index in [0.717, 1.165) is 0 Å². The number of rotatable bonds is 7. The van der Waals surface area contributed by atoms with Gasteiger partial charge < -0.3 is 10.4 Å². The third-order valence-electron chi connectivity index (χ3n) is 5.81. The predicted octanol–water partition coefficient (Wildman–Crippen LogP) is 5.51. The molecule has 10 heteroatoms. The molecule has 3 aromatic rings. The van der Waals surface area contributed by atoms with Gasteiger partial charge in [0.15, 0.2) is 5.13 Å². The number of aromatic nitrogens is 2. The normalized spacial score (nSPS) is 22.5. The van der Waals surface area contributed by atoms with Crippen molar-refractivity contribution in [3.05, 3.63) is 69.8 Å². The Morgan fingerprint density at radius 2 is 2.24 bits per heavy atom. The lowest BCUT2D eigenvalue weighted by Crippen LogP contribution is -2.50. The lowest BCUT2D eigenvalue weighted by molar-refractivity contribution is -0.153. The number of pyridine rings is 1. The number of carboxylic acid groups (broad SMARTS) is 1. The van der Waals surface area contributed by atoms with Gasteiger partial charge in [-0.15, -0.1) is 11.3 Å². The van der Waals surface area contributed by atoms with Gasteiger partial charge in [-0.25, -0.2) is 18.7 Å². The van der Waals surface area contributed by atoms with Crippen LogP contribution in [0.3, 0.4) is 0 Å². The largest absolute Gasteiger partial charge is 0.481 e. The fourth-order valence-electron chi connectivity index (χ4n) is 4.07. The highest BCUT2D eigenvalue weighted by Crippen LogP contribution is 2.39. The second kappa shape index (κ2) is 9.70. The zero-order valence-corrected chi connectivity index (χ0v) is 19.3. The molecular weight excluding hydrogens is 470 g/mol. The summed E-state index contributed by atoms with van der Waals surface area (Å²) in [6.07, 6.45) is 1.49. The highest BCUT2D eigenvalue weighted by Gasteiger charge is 2.45. The Morgan fingerprint density at radius 3 is 2.94 bits per heavy atom. The van der Waals surface area contributed by atoms with Gasteiger partial charge in [0.2, 0.25) is 0 Å². The van der Waals surface area contributed by atoms with Crippen LogP contribution in [0.2, 0.25) is 5.02 Å². The van der Waals surface area contributed by atoms with E-state index in [1.54, 1.807) is 18.5 Å². The highest BCUT2D eigenvalue weighted by atomic mass is 35.5. The maximum atomic E-state index is 14.7. The molecule has 1 aliphatic heterocycles. The summed E-state index contributed by atoms with van der Waals surface area (Å²) in [6, 6.07) is 6.22. The van der Waals surface area contributed by atoms with E-state index in [1.807, 2.05) is 0 Å². The average Bonchev–Trinajstić information content (AvgIpc) is 3.30. The summed E-state index contributed by atoms with van der Waals surface area (Å²) in [6.45, 7) is -0.521. The maximum absolute atomic E-state index is 14.7. The van der Waals surface area contributed by atoms with Gasteiger partial charge in [-0.3, -0.25) is 9.69 Å². The predicted molar refractivity (Wildman–Crippen MR) is 124 cm³/mol. The van der Waals surface area contributed by atoms with Gasteiger partial charge in [-0.1, -0.05) is 23.7 Å². The van der Waals surface area contributed by atoms with Gasteiger partial charge in [0, 0.05) is 38.8 Å². The Morgan fingerprint density at radius 1 is 1.42 bits per heavy atom. The molecule has 2 aromatic heterocycles. The van der Waals surface area contributed by atoms with Crippen LogP contribution in [-0.2, 0) is 17.7 Å². The zero-order valence-electron chi connectivity index (χ0n) is 19.7. The van der Waals surface area contributed by atoms with Crippen LogP contribution in [-0.4, -0.2) is 38.5 Å². The topological polar surface area (TPSA) is 78.4 Å². The van der Waals surface area contributed by atoms with Crippen molar-refractivity contribution in [2.75, 3.05) is 11.9 Å². The van der Waals surface area contributed by atoms with Crippen LogP contribution >= 0.6 is 22.9 Å². The SMILES string of the molecule is [2H]C([2H])(c1cccc(Cl)c1F)N1CCC(Cc2nc(Nc3nccs3)ccc2F)(C(=O)O)CC1C. The third kappa shape index (κ3) is 5.15. The molecule has 0 aliphatic carbocycles. The lowest BCUT2D eigenvalue weighted by atomic mass is 9.72. The quantitative estimate of drug-likeness (QED) is 0.451. The molecule has 0 amide bonds. The van der Waals surface area contributed by atoms with Crippen molar-refractivity contribution in [1.29, 1.82) is 0 Å². The van der Waals surface area contributed by atoms with Gasteiger partial charge >= 0.3 is 5.97 Å². The van der Waals surface area contributed by atoms with Crippen LogP contribution in [0.1, 0.15) is 33.8 Å². The minimum absolute atomic E-state index is 0.00139. The molecule has 2 N–H and O–H groups in total. The summed E-state index contributed by atoms with van der Waals surface area (Å²) in [5.41, 5.74) is -1.58. The molecule has 0 saturated carbocycles. The van der Waals surface area contributed by atoms with E-state index < -0.39 is 35.6 Å². The highest BCUT2D eigenvalue weighted by molar-refractivity contribution is 7.13. The molecule has 1 saturated heterocycles. The fraction of sp³-hybridized carbons (Fsp3) is 0.348. The van der Waals surface area contributed by atoms with E-state index >= 15 is 0 Å². The van der Waals surface area contributed by atoms with Crippen molar-refractivity contribution in [2.45, 2.75) is 38.7 Å². The molecule has 4 rings (SSSR count). The van der Waals surface area contributed by atoms with E-state index in [-0.39, 0.29) is 42.1 Å². The smallest absolute Gasteiger partial charge is 0.310 e. The molecule has 0 spiro atoms. The number of hydrogen-bond acceptors (Lipinski definition) is 6. The van der Waals surface area contributed by atoms with Gasteiger partial charge in [0.05, 0.1) is 16.1 Å². The van der Waals surface area contributed by atoms with E-state index in [9.17, 15) is 18.7 Å². The summed E-state index contributed by atoms with van der Waals surface area (Å²) in [4.78, 5) is 22.3. The van der Waals surface area contributed by atoms with Crippen molar-refractivity contribution in [2.24, 2.45) is 5.41 Å². The minimum atomic E-state index is -2.22. The number of thiazole rings is 1. The molecule has 0 radical (unpaired) electrons. The van der Waals surface area contributed by atoms with Crippen LogP contribution in [0.15, 0.2) is 41.9 Å². The number of nitrogens with one attached hydrogen (secondary N) is 1. The Balaban J connectivity index is 1.58. The van der Waals surface area contributed by atoms with Crippen LogP contribution in [0.25, 0.3) is 0 Å². The average molecular weight is 495 g/mol. The molecule has 1 fully saturated rings. The number of carboxylic acids is 1. The van der Waals surface area contributed by atoms with E-state index in [4.69, 9.17) is 14.3 Å². The number of halogens is 3. The molecular formula is C23H23ClF2N4O2S. The summed E-state index contributed by atoms with van der Waals surface area (Å²) < 4.78 is 46.5. The summed E-state index contributed by atoms with van der Waals surface area (Å²) in [5.74, 6) is -2.24. The Labute approximate surface area is 202 Å². The number of benzene rings is 1. The second-order valence-corrected chi connectivity index (χ2v) is 9.36. The first-order valence-electron chi connectivity index (χ1n) is 11.3. The number of likely N-dealkylation sites (tertiary alicyclic amines) is 1. The standard InChI is InChI=1S/C23H23ClF2N4O2S/c1-14-11-23(21(31)32,7-9-30(14)13-15-3-2-4-16(24)20(15)26)12-18-17(25)5-6-19(28-18)29-22-27-8-10-33-22/h2-6,8,10,14H,7,9,11-13H2,1H3,(H,31,32)(H,27,28,29)/i13D2. The van der Waals surface area contributed by atoms with Crippen molar-refractivity contribution in [1.82, 2.24) is 14.9 Å². The molecule has 6 nitrogen and oxygen atoms in total. The number of carbonyl (C=O) groups is 1. The van der Waals surface area contributed by atoms with Crippen LogP contribution in [0.4, 0.5) is 19.7 Å². The maximum Gasteiger partial charge on any atom is 0.310 e. The van der Waals surface area contributed by atoms with E-state index in [0.29, 0.717) is 10.9 Å². The molecule has 1 aliphatic rings. The first-order chi connectivity index (χ1) is 16.5. The second-order valence-electron chi connectivity index (χ2n) is 8.06. The van der Waals surface area contributed by atoms with Crippen molar-refractivity contribution in [3.8, 4) is 0 Å². The van der Waals surface area contributed by atoms with Crippen molar-refractivity contribution < 1.29 is 21.4 Å². The van der Waals surface area contributed by atoms with E-state index in [1.165, 1.54) is 46.6 Å². The Kier molecular flexibility index (Phi) is 6.16. The van der Waals surface area contributed by atoms with Gasteiger partial charge in [-0.2, -0.15) is 0 Å². The molecule has 33 heavy (non-hydrogen) atoms. The summed E-state index contributed by atoms with van der Waals surface area (Å²) in [7, 11) is 0. The Hall–Kier alpha value is -2.62. The lowest BCUT2D eigenvalue weighted by Gasteiger charge is -2.43. The number of hydrogen-bond donors (Lipinski definition) is 2. The fourth-order valence-corrected chi connectivity index (χ4v) is 4.78. The third-order valence-corrected chi connectivity index (χ3v) is 6.79. The van der Waals surface area contributed by atoms with E-state index in [2.05, 4.69) is 15.3 Å². The van der Waals surface area contributed by atoms with Crippen LogP contribution in [0.5, 0.6) is 0 Å². The molecule has 1 aromatic carbocycles. The van der Waals surface area contributed by atoms with Gasteiger partial charge in [-0.05, 0) is 44.5 Å². The number of nitrogens with zero attached hydrogens (tertiary/aromatic N) is 3. The number of piperidine rings is 1. The Bertz CT molecular complexity index is 1230. The van der Waals surface area contributed by atoms with Gasteiger partial charge in [0.1, 0.15) is 17.5 Å². The number of aliphatic carboxylic acids is 1. The van der Waals surface area contributed by atoms with Crippen LogP contribution in [0, 0.1) is 17.0 Å².